The molecule has 0 aliphatic carbocycles. The molecule has 0 bridgehead atoms. The number of likely N-dealkylation sites (N-methyl/N-ethyl adjacent to an activating group) is 1. The lowest BCUT2D eigenvalue weighted by Gasteiger charge is -2.16. The molecule has 0 heterocycles. The van der Waals surface area contributed by atoms with E-state index in [2.05, 4.69) is 36.8 Å². The molecule has 0 aliphatic rings. The zero-order valence-corrected chi connectivity index (χ0v) is 11.1. The fourth-order valence-electron chi connectivity index (χ4n) is 1.74. The minimum Gasteiger partial charge on any atom is -0.468 e. The SMILES string of the molecule is COC(=O)CN(C)CCc1cc(C)ccc1C. The van der Waals surface area contributed by atoms with Crippen LogP contribution in [0.3, 0.4) is 0 Å². The predicted molar refractivity (Wildman–Crippen MR) is 69.1 cm³/mol. The van der Waals surface area contributed by atoms with Crippen LogP contribution in [-0.2, 0) is 16.0 Å². The van der Waals surface area contributed by atoms with Crippen LogP contribution in [0.2, 0.25) is 0 Å². The van der Waals surface area contributed by atoms with Gasteiger partial charge in [0.05, 0.1) is 13.7 Å². The molecule has 0 saturated carbocycles. The van der Waals surface area contributed by atoms with Crippen LogP contribution in [0.4, 0.5) is 0 Å². The summed E-state index contributed by atoms with van der Waals surface area (Å²) in [6.45, 7) is 5.43. The van der Waals surface area contributed by atoms with E-state index in [1.165, 1.54) is 23.8 Å². The Morgan fingerprint density at radius 3 is 2.71 bits per heavy atom. The first kappa shape index (κ1) is 13.7. The smallest absolute Gasteiger partial charge is 0.319 e. The Labute approximate surface area is 103 Å². The fraction of sp³-hybridized carbons (Fsp3) is 0.500. The molecule has 94 valence electrons. The van der Waals surface area contributed by atoms with Crippen molar-refractivity contribution in [1.82, 2.24) is 4.90 Å². The van der Waals surface area contributed by atoms with E-state index in [-0.39, 0.29) is 5.97 Å². The first-order chi connectivity index (χ1) is 8.02. The minimum atomic E-state index is -0.187. The molecule has 3 nitrogen and oxygen atoms in total. The first-order valence-electron chi connectivity index (χ1n) is 5.84. The summed E-state index contributed by atoms with van der Waals surface area (Å²) in [6, 6.07) is 6.48. The zero-order valence-electron chi connectivity index (χ0n) is 11.1. The molecule has 0 radical (unpaired) electrons. The van der Waals surface area contributed by atoms with Crippen LogP contribution in [0.1, 0.15) is 16.7 Å². The Kier molecular flexibility index (Phi) is 5.16. The first-order valence-corrected chi connectivity index (χ1v) is 5.84. The quantitative estimate of drug-likeness (QED) is 0.731. The number of methoxy groups -OCH3 is 1. The molecule has 0 N–H and O–H groups in total. The summed E-state index contributed by atoms with van der Waals surface area (Å²) in [5.41, 5.74) is 3.94. The van der Waals surface area contributed by atoms with E-state index in [1.807, 2.05) is 11.9 Å². The third-order valence-electron chi connectivity index (χ3n) is 2.89. The number of carbonyl (C=O) groups is 1. The number of ether oxygens (including phenoxy) is 1. The molecular weight excluding hydrogens is 214 g/mol. The molecule has 0 aliphatic heterocycles. The molecule has 0 fully saturated rings. The van der Waals surface area contributed by atoms with Gasteiger partial charge in [0, 0.05) is 6.54 Å². The Balaban J connectivity index is 2.49. The van der Waals surface area contributed by atoms with Gasteiger partial charge < -0.3 is 4.74 Å². The molecular formula is C14H21NO2. The van der Waals surface area contributed by atoms with Crippen molar-refractivity contribution in [2.45, 2.75) is 20.3 Å². The summed E-state index contributed by atoms with van der Waals surface area (Å²) in [5.74, 6) is -0.187. The number of nitrogens with zero attached hydrogens (tertiary/aromatic N) is 1. The number of rotatable bonds is 5. The van der Waals surface area contributed by atoms with Crippen molar-refractivity contribution in [3.05, 3.63) is 34.9 Å². The van der Waals surface area contributed by atoms with Crippen molar-refractivity contribution in [3.8, 4) is 0 Å². The van der Waals surface area contributed by atoms with Gasteiger partial charge in [-0.05, 0) is 38.4 Å². The van der Waals surface area contributed by atoms with Crippen molar-refractivity contribution >= 4 is 5.97 Å². The summed E-state index contributed by atoms with van der Waals surface area (Å²) < 4.78 is 4.64. The third-order valence-corrected chi connectivity index (χ3v) is 2.89. The fourth-order valence-corrected chi connectivity index (χ4v) is 1.74. The van der Waals surface area contributed by atoms with Crippen molar-refractivity contribution < 1.29 is 9.53 Å². The van der Waals surface area contributed by atoms with Crippen LogP contribution in [-0.4, -0.2) is 38.1 Å². The number of hydrogen-bond acceptors (Lipinski definition) is 3. The summed E-state index contributed by atoms with van der Waals surface area (Å²) in [6.07, 6.45) is 0.959. The highest BCUT2D eigenvalue weighted by Gasteiger charge is 2.07. The van der Waals surface area contributed by atoms with Gasteiger partial charge in [0.25, 0.3) is 0 Å². The van der Waals surface area contributed by atoms with Crippen LogP contribution in [0, 0.1) is 13.8 Å². The topological polar surface area (TPSA) is 29.5 Å². The molecule has 0 spiro atoms. The van der Waals surface area contributed by atoms with Gasteiger partial charge in [0.15, 0.2) is 0 Å². The van der Waals surface area contributed by atoms with Crippen molar-refractivity contribution in [2.24, 2.45) is 0 Å². The molecule has 0 unspecified atom stereocenters. The molecule has 1 rings (SSSR count). The van der Waals surface area contributed by atoms with Crippen molar-refractivity contribution in [1.29, 1.82) is 0 Å². The molecule has 1 aromatic carbocycles. The van der Waals surface area contributed by atoms with Gasteiger partial charge in [0.2, 0.25) is 0 Å². The highest BCUT2D eigenvalue weighted by atomic mass is 16.5. The van der Waals surface area contributed by atoms with E-state index < -0.39 is 0 Å². The number of benzene rings is 1. The lowest BCUT2D eigenvalue weighted by Crippen LogP contribution is -2.28. The minimum absolute atomic E-state index is 0.187. The predicted octanol–water partition coefficient (Wildman–Crippen LogP) is 1.95. The van der Waals surface area contributed by atoms with Gasteiger partial charge >= 0.3 is 5.97 Å². The second-order valence-corrected chi connectivity index (χ2v) is 4.49. The number of carbonyl (C=O) groups excluding carboxylic acids is 1. The van der Waals surface area contributed by atoms with Gasteiger partial charge in [-0.25, -0.2) is 0 Å². The lowest BCUT2D eigenvalue weighted by atomic mass is 10.0. The Bertz CT molecular complexity index is 388. The van der Waals surface area contributed by atoms with Crippen LogP contribution < -0.4 is 0 Å². The van der Waals surface area contributed by atoms with Crippen LogP contribution in [0.25, 0.3) is 0 Å². The number of hydrogen-bond donors (Lipinski definition) is 0. The maximum atomic E-state index is 11.1. The van der Waals surface area contributed by atoms with Gasteiger partial charge in [-0.15, -0.1) is 0 Å². The van der Waals surface area contributed by atoms with Crippen LogP contribution in [0.15, 0.2) is 18.2 Å². The third kappa shape index (κ3) is 4.57. The van der Waals surface area contributed by atoms with E-state index >= 15 is 0 Å². The second-order valence-electron chi connectivity index (χ2n) is 4.49. The van der Waals surface area contributed by atoms with E-state index in [1.54, 1.807) is 0 Å². The molecule has 0 amide bonds. The summed E-state index contributed by atoms with van der Waals surface area (Å²) in [7, 11) is 3.35. The average Bonchev–Trinajstić information content (AvgIpc) is 2.30. The maximum Gasteiger partial charge on any atom is 0.319 e. The second kappa shape index (κ2) is 6.40. The zero-order chi connectivity index (χ0) is 12.8. The van der Waals surface area contributed by atoms with Gasteiger partial charge in [-0.3, -0.25) is 9.69 Å². The molecule has 0 atom stereocenters. The van der Waals surface area contributed by atoms with E-state index in [9.17, 15) is 4.79 Å². The lowest BCUT2D eigenvalue weighted by molar-refractivity contribution is -0.141. The monoisotopic (exact) mass is 235 g/mol. The summed E-state index contributed by atoms with van der Waals surface area (Å²) >= 11 is 0. The largest absolute Gasteiger partial charge is 0.468 e. The van der Waals surface area contributed by atoms with E-state index in [4.69, 9.17) is 0 Å². The van der Waals surface area contributed by atoms with Gasteiger partial charge in [-0.2, -0.15) is 0 Å². The van der Waals surface area contributed by atoms with E-state index in [0.717, 1.165) is 13.0 Å². The molecule has 0 saturated heterocycles. The highest BCUT2D eigenvalue weighted by Crippen LogP contribution is 2.11. The maximum absolute atomic E-state index is 11.1. The van der Waals surface area contributed by atoms with Crippen molar-refractivity contribution in [2.75, 3.05) is 27.2 Å². The van der Waals surface area contributed by atoms with Gasteiger partial charge in [0.1, 0.15) is 0 Å². The Morgan fingerprint density at radius 1 is 1.35 bits per heavy atom. The average molecular weight is 235 g/mol. The molecule has 3 heteroatoms. The van der Waals surface area contributed by atoms with Gasteiger partial charge in [-0.1, -0.05) is 23.8 Å². The molecule has 0 aromatic heterocycles. The Morgan fingerprint density at radius 2 is 2.06 bits per heavy atom. The number of aryl methyl sites for hydroxylation is 2. The van der Waals surface area contributed by atoms with Crippen LogP contribution in [0.5, 0.6) is 0 Å². The summed E-state index contributed by atoms with van der Waals surface area (Å²) in [4.78, 5) is 13.1. The normalized spacial score (nSPS) is 10.6. The standard InChI is InChI=1S/C14H21NO2/c1-11-5-6-12(2)13(9-11)7-8-15(3)10-14(16)17-4/h5-6,9H,7-8,10H2,1-4H3. The van der Waals surface area contributed by atoms with E-state index in [0.29, 0.717) is 6.54 Å². The summed E-state index contributed by atoms with van der Waals surface area (Å²) in [5, 5.41) is 0. The molecule has 1 aromatic rings. The molecule has 17 heavy (non-hydrogen) atoms. The Hall–Kier alpha value is -1.35. The van der Waals surface area contributed by atoms with Crippen molar-refractivity contribution in [3.63, 3.8) is 0 Å². The number of esters is 1. The van der Waals surface area contributed by atoms with Crippen LogP contribution >= 0.6 is 0 Å². The highest BCUT2D eigenvalue weighted by molar-refractivity contribution is 5.71.